The van der Waals surface area contributed by atoms with Gasteiger partial charge in [0.1, 0.15) is 0 Å². The van der Waals surface area contributed by atoms with Crippen LogP contribution in [0.2, 0.25) is 0 Å². The predicted molar refractivity (Wildman–Crippen MR) is 78.0 cm³/mol. The Hall–Kier alpha value is -0.120. The van der Waals surface area contributed by atoms with Crippen LogP contribution in [-0.2, 0) is 4.74 Å². The highest BCUT2D eigenvalue weighted by Crippen LogP contribution is 2.51. The highest BCUT2D eigenvalue weighted by atomic mass is 16.5. The lowest BCUT2D eigenvalue weighted by atomic mass is 9.54. The molecular formula is C16H30N2O. The van der Waals surface area contributed by atoms with Gasteiger partial charge in [-0.2, -0.15) is 0 Å². The largest absolute Gasteiger partial charge is 0.378 e. The second-order valence-corrected chi connectivity index (χ2v) is 7.67. The van der Waals surface area contributed by atoms with E-state index >= 15 is 0 Å². The Labute approximate surface area is 117 Å². The molecule has 3 rings (SSSR count). The maximum absolute atomic E-state index is 6.71. The van der Waals surface area contributed by atoms with Gasteiger partial charge in [0.05, 0.1) is 6.10 Å². The van der Waals surface area contributed by atoms with Crippen molar-refractivity contribution in [1.82, 2.24) is 4.90 Å². The van der Waals surface area contributed by atoms with Crippen molar-refractivity contribution < 1.29 is 4.74 Å². The lowest BCUT2D eigenvalue weighted by Gasteiger charge is -2.60. The van der Waals surface area contributed by atoms with Gasteiger partial charge in [-0.25, -0.2) is 0 Å². The molecule has 110 valence electrons. The van der Waals surface area contributed by atoms with E-state index < -0.39 is 0 Å². The zero-order valence-corrected chi connectivity index (χ0v) is 12.8. The molecule has 2 N–H and O–H groups in total. The number of hydrogen-bond donors (Lipinski definition) is 1. The highest BCUT2D eigenvalue weighted by molar-refractivity contribution is 5.15. The van der Waals surface area contributed by atoms with Crippen LogP contribution in [0.3, 0.4) is 0 Å². The summed E-state index contributed by atoms with van der Waals surface area (Å²) in [5.41, 5.74) is 6.77. The SMILES string of the molecule is CCOC1CC(N)(CN2CC3CCCC3C2)C1(C)C. The third-order valence-corrected chi connectivity index (χ3v) is 6.31. The van der Waals surface area contributed by atoms with Crippen LogP contribution >= 0.6 is 0 Å². The summed E-state index contributed by atoms with van der Waals surface area (Å²) in [4.78, 5) is 2.64. The van der Waals surface area contributed by atoms with Crippen LogP contribution in [0.15, 0.2) is 0 Å². The normalized spacial score (nSPS) is 45.2. The van der Waals surface area contributed by atoms with Crippen LogP contribution in [0.25, 0.3) is 0 Å². The fourth-order valence-electron chi connectivity index (χ4n) is 4.64. The van der Waals surface area contributed by atoms with E-state index in [2.05, 4.69) is 25.7 Å². The number of rotatable bonds is 4. The van der Waals surface area contributed by atoms with Gasteiger partial charge < -0.3 is 15.4 Å². The molecule has 3 fully saturated rings. The Morgan fingerprint density at radius 3 is 2.37 bits per heavy atom. The van der Waals surface area contributed by atoms with Crippen LogP contribution in [0.5, 0.6) is 0 Å². The van der Waals surface area contributed by atoms with E-state index in [1.807, 2.05) is 0 Å². The molecule has 1 heterocycles. The zero-order chi connectivity index (χ0) is 13.7. The van der Waals surface area contributed by atoms with E-state index in [1.165, 1.54) is 32.4 Å². The molecule has 0 radical (unpaired) electrons. The number of nitrogens with zero attached hydrogens (tertiary/aromatic N) is 1. The molecule has 0 aromatic carbocycles. The number of hydrogen-bond acceptors (Lipinski definition) is 3. The van der Waals surface area contributed by atoms with Gasteiger partial charge in [-0.05, 0) is 38.0 Å². The molecule has 1 saturated heterocycles. The minimum absolute atomic E-state index is 0.0501. The summed E-state index contributed by atoms with van der Waals surface area (Å²) in [5.74, 6) is 1.93. The average molecular weight is 266 g/mol. The van der Waals surface area contributed by atoms with E-state index in [9.17, 15) is 0 Å². The number of fused-ring (bicyclic) bond motifs is 1. The lowest BCUT2D eigenvalue weighted by Crippen LogP contribution is -2.73. The molecule has 0 amide bonds. The quantitative estimate of drug-likeness (QED) is 0.848. The van der Waals surface area contributed by atoms with Crippen molar-refractivity contribution in [3.8, 4) is 0 Å². The summed E-state index contributed by atoms with van der Waals surface area (Å²) in [5, 5.41) is 0. The van der Waals surface area contributed by atoms with Gasteiger partial charge in [-0.15, -0.1) is 0 Å². The predicted octanol–water partition coefficient (Wildman–Crippen LogP) is 2.25. The Morgan fingerprint density at radius 1 is 1.21 bits per heavy atom. The van der Waals surface area contributed by atoms with Crippen molar-refractivity contribution >= 4 is 0 Å². The molecule has 1 aliphatic heterocycles. The first-order chi connectivity index (χ1) is 8.96. The van der Waals surface area contributed by atoms with Gasteiger partial charge in [0, 0.05) is 37.2 Å². The average Bonchev–Trinajstić information content (AvgIpc) is 2.89. The van der Waals surface area contributed by atoms with Gasteiger partial charge in [0.15, 0.2) is 0 Å². The van der Waals surface area contributed by atoms with Crippen molar-refractivity contribution in [2.75, 3.05) is 26.2 Å². The van der Waals surface area contributed by atoms with Gasteiger partial charge >= 0.3 is 0 Å². The Bertz CT molecular complexity index is 332. The molecule has 3 aliphatic rings. The van der Waals surface area contributed by atoms with Crippen molar-refractivity contribution in [3.63, 3.8) is 0 Å². The molecule has 4 unspecified atom stereocenters. The van der Waals surface area contributed by atoms with Gasteiger partial charge in [-0.3, -0.25) is 0 Å². The standard InChI is InChI=1S/C16H30N2O/c1-4-19-14-8-16(17,15(14,2)3)11-18-9-12-6-5-7-13(12)10-18/h12-14H,4-11,17H2,1-3H3. The molecule has 4 atom stereocenters. The third-order valence-electron chi connectivity index (χ3n) is 6.31. The number of nitrogens with two attached hydrogens (primary N) is 1. The van der Waals surface area contributed by atoms with Gasteiger partial charge in [0.2, 0.25) is 0 Å². The monoisotopic (exact) mass is 266 g/mol. The van der Waals surface area contributed by atoms with Crippen molar-refractivity contribution in [2.24, 2.45) is 23.0 Å². The van der Waals surface area contributed by atoms with Crippen LogP contribution in [0.1, 0.15) is 46.5 Å². The highest BCUT2D eigenvalue weighted by Gasteiger charge is 2.59. The fraction of sp³-hybridized carbons (Fsp3) is 1.00. The number of ether oxygens (including phenoxy) is 1. The summed E-state index contributed by atoms with van der Waals surface area (Å²) in [6, 6.07) is 0. The Kier molecular flexibility index (Phi) is 3.43. The van der Waals surface area contributed by atoms with E-state index in [0.717, 1.165) is 31.4 Å². The van der Waals surface area contributed by atoms with Gasteiger partial charge in [-0.1, -0.05) is 20.3 Å². The minimum Gasteiger partial charge on any atom is -0.378 e. The molecule has 0 spiro atoms. The molecule has 19 heavy (non-hydrogen) atoms. The maximum Gasteiger partial charge on any atom is 0.0662 e. The first-order valence-electron chi connectivity index (χ1n) is 8.09. The topological polar surface area (TPSA) is 38.5 Å². The van der Waals surface area contributed by atoms with Crippen molar-refractivity contribution in [3.05, 3.63) is 0 Å². The summed E-state index contributed by atoms with van der Waals surface area (Å²) in [6.07, 6.45) is 5.73. The zero-order valence-electron chi connectivity index (χ0n) is 12.8. The van der Waals surface area contributed by atoms with E-state index in [1.54, 1.807) is 0 Å². The maximum atomic E-state index is 6.71. The van der Waals surface area contributed by atoms with E-state index in [0.29, 0.717) is 6.10 Å². The summed E-state index contributed by atoms with van der Waals surface area (Å²) in [7, 11) is 0. The third kappa shape index (κ3) is 2.14. The lowest BCUT2D eigenvalue weighted by molar-refractivity contribution is -0.155. The minimum atomic E-state index is -0.0501. The van der Waals surface area contributed by atoms with Gasteiger partial charge in [0.25, 0.3) is 0 Å². The summed E-state index contributed by atoms with van der Waals surface area (Å²) in [6.45, 7) is 11.1. The molecule has 0 aromatic heterocycles. The fourth-order valence-corrected chi connectivity index (χ4v) is 4.64. The summed E-state index contributed by atoms with van der Waals surface area (Å²) >= 11 is 0. The Balaban J connectivity index is 1.58. The second kappa shape index (κ2) is 4.71. The molecule has 0 aromatic rings. The molecule has 0 bridgehead atoms. The number of likely N-dealkylation sites (tertiary alicyclic amines) is 1. The van der Waals surface area contributed by atoms with Crippen molar-refractivity contribution in [1.29, 1.82) is 0 Å². The molecule has 2 saturated carbocycles. The first-order valence-corrected chi connectivity index (χ1v) is 8.09. The van der Waals surface area contributed by atoms with Crippen molar-refractivity contribution in [2.45, 2.75) is 58.1 Å². The van der Waals surface area contributed by atoms with E-state index in [-0.39, 0.29) is 11.0 Å². The smallest absolute Gasteiger partial charge is 0.0662 e. The van der Waals surface area contributed by atoms with Crippen LogP contribution < -0.4 is 5.73 Å². The second-order valence-electron chi connectivity index (χ2n) is 7.67. The van der Waals surface area contributed by atoms with Crippen LogP contribution in [-0.4, -0.2) is 42.8 Å². The molecular weight excluding hydrogens is 236 g/mol. The first kappa shape index (κ1) is 13.8. The van der Waals surface area contributed by atoms with Crippen LogP contribution in [0, 0.1) is 17.3 Å². The Morgan fingerprint density at radius 2 is 1.84 bits per heavy atom. The molecule has 3 heteroatoms. The van der Waals surface area contributed by atoms with E-state index in [4.69, 9.17) is 10.5 Å². The molecule has 2 aliphatic carbocycles. The molecule has 3 nitrogen and oxygen atoms in total. The van der Waals surface area contributed by atoms with Crippen LogP contribution in [0.4, 0.5) is 0 Å². The summed E-state index contributed by atoms with van der Waals surface area (Å²) < 4.78 is 5.83.